The number of nitrogens with zero attached hydrogens (tertiary/aromatic N) is 4. The smallest absolute Gasteiger partial charge is 0.271 e. The van der Waals surface area contributed by atoms with Crippen LogP contribution in [-0.2, 0) is 0 Å². The normalized spacial score (nSPS) is 15.4. The minimum absolute atomic E-state index is 0.150. The summed E-state index contributed by atoms with van der Waals surface area (Å²) in [7, 11) is 0. The van der Waals surface area contributed by atoms with Gasteiger partial charge in [0.05, 0.1) is 16.4 Å². The molecule has 0 atom stereocenters. The average molecular weight is 382 g/mol. The zero-order valence-electron chi connectivity index (χ0n) is 15.6. The van der Waals surface area contributed by atoms with Crippen LogP contribution in [0.1, 0.15) is 48.7 Å². The Morgan fingerprint density at radius 3 is 2.78 bits per heavy atom. The van der Waals surface area contributed by atoms with Gasteiger partial charge in [0.25, 0.3) is 5.91 Å². The lowest BCUT2D eigenvalue weighted by molar-refractivity contribution is 0.0925. The zero-order chi connectivity index (χ0) is 18.8. The van der Waals surface area contributed by atoms with Gasteiger partial charge >= 0.3 is 0 Å². The number of anilines is 1. The van der Waals surface area contributed by atoms with Gasteiger partial charge in [-0.3, -0.25) is 9.78 Å². The molecule has 0 saturated carbocycles. The molecule has 0 aliphatic carbocycles. The van der Waals surface area contributed by atoms with Crippen molar-refractivity contribution in [3.05, 3.63) is 48.0 Å². The van der Waals surface area contributed by atoms with E-state index in [1.165, 1.54) is 22.7 Å². The predicted octanol–water partition coefficient (Wildman–Crippen LogP) is 3.61. The van der Waals surface area contributed by atoms with E-state index in [4.69, 9.17) is 4.98 Å². The molecule has 1 aliphatic rings. The van der Waals surface area contributed by atoms with E-state index < -0.39 is 0 Å². The molecule has 1 saturated heterocycles. The quantitative estimate of drug-likeness (QED) is 0.747. The molecule has 1 amide bonds. The summed E-state index contributed by atoms with van der Waals surface area (Å²) in [4.78, 5) is 27.5. The molecule has 1 fully saturated rings. The van der Waals surface area contributed by atoms with Crippen LogP contribution in [0.4, 0.5) is 5.13 Å². The van der Waals surface area contributed by atoms with Crippen molar-refractivity contribution >= 4 is 32.6 Å². The Balaban J connectivity index is 1.41. The Kier molecular flexibility index (Phi) is 5.03. The van der Waals surface area contributed by atoms with Gasteiger partial charge < -0.3 is 10.2 Å². The van der Waals surface area contributed by atoms with E-state index in [0.29, 0.717) is 11.6 Å². The van der Waals surface area contributed by atoms with E-state index in [-0.39, 0.29) is 11.9 Å². The number of thiazole rings is 1. The molecule has 4 rings (SSSR count). The first-order valence-corrected chi connectivity index (χ1v) is 10.1. The maximum atomic E-state index is 12.2. The monoisotopic (exact) mass is 381 g/mol. The van der Waals surface area contributed by atoms with Crippen LogP contribution in [0.2, 0.25) is 0 Å². The van der Waals surface area contributed by atoms with Crippen LogP contribution in [0.15, 0.2) is 36.8 Å². The summed E-state index contributed by atoms with van der Waals surface area (Å²) in [5.74, 6) is 0.314. The molecular weight excluding hydrogens is 358 g/mol. The van der Waals surface area contributed by atoms with E-state index in [9.17, 15) is 4.79 Å². The Labute approximate surface area is 162 Å². The average Bonchev–Trinajstić information content (AvgIpc) is 3.13. The number of piperidine rings is 1. The maximum absolute atomic E-state index is 12.2. The molecule has 2 aromatic heterocycles. The molecule has 1 aliphatic heterocycles. The molecule has 6 nitrogen and oxygen atoms in total. The van der Waals surface area contributed by atoms with Gasteiger partial charge in [-0.2, -0.15) is 0 Å². The number of aromatic nitrogens is 3. The first-order valence-electron chi connectivity index (χ1n) is 9.33. The molecule has 1 aromatic carbocycles. The fourth-order valence-corrected chi connectivity index (χ4v) is 4.50. The maximum Gasteiger partial charge on any atom is 0.271 e. The van der Waals surface area contributed by atoms with Crippen molar-refractivity contribution < 1.29 is 4.79 Å². The number of rotatable bonds is 4. The molecule has 7 heteroatoms. The van der Waals surface area contributed by atoms with Crippen LogP contribution < -0.4 is 10.2 Å². The number of carbonyl (C=O) groups is 1. The number of fused-ring (bicyclic) bond motifs is 1. The van der Waals surface area contributed by atoms with Gasteiger partial charge in [0.1, 0.15) is 5.69 Å². The Bertz CT molecular complexity index is 932. The molecule has 1 N–H and O–H groups in total. The Hall–Kier alpha value is -2.54. The number of amides is 1. The number of carbonyl (C=O) groups excluding carboxylic acids is 1. The summed E-state index contributed by atoms with van der Waals surface area (Å²) in [5, 5.41) is 4.15. The van der Waals surface area contributed by atoms with Crippen LogP contribution in [0, 0.1) is 0 Å². The van der Waals surface area contributed by atoms with Gasteiger partial charge in [0.15, 0.2) is 5.13 Å². The second-order valence-corrected chi connectivity index (χ2v) is 8.18. The van der Waals surface area contributed by atoms with Gasteiger partial charge in [0, 0.05) is 31.5 Å². The number of nitrogens with one attached hydrogen (secondary N) is 1. The standard InChI is InChI=1S/C20H23N5OS/c1-13(2)15-4-3-5-17-18(15)24-20(27-17)25-10-6-14(7-11-25)23-19(26)16-12-21-8-9-22-16/h3-5,8-9,12-14H,6-7,10-11H2,1-2H3,(H,23,26). The number of hydrogen-bond acceptors (Lipinski definition) is 6. The highest BCUT2D eigenvalue weighted by atomic mass is 32.1. The third-order valence-electron chi connectivity index (χ3n) is 4.96. The molecule has 27 heavy (non-hydrogen) atoms. The molecule has 3 heterocycles. The third kappa shape index (κ3) is 3.78. The van der Waals surface area contributed by atoms with Crippen LogP contribution in [-0.4, -0.2) is 40.0 Å². The van der Waals surface area contributed by atoms with Crippen molar-refractivity contribution in [1.29, 1.82) is 0 Å². The summed E-state index contributed by atoms with van der Waals surface area (Å²) in [6, 6.07) is 6.60. The number of benzene rings is 1. The highest BCUT2D eigenvalue weighted by Crippen LogP contribution is 2.34. The fraction of sp³-hybridized carbons (Fsp3) is 0.400. The minimum Gasteiger partial charge on any atom is -0.348 e. The molecular formula is C20H23N5OS. The van der Waals surface area contributed by atoms with E-state index in [2.05, 4.69) is 52.2 Å². The van der Waals surface area contributed by atoms with Crippen molar-refractivity contribution in [3.63, 3.8) is 0 Å². The highest BCUT2D eigenvalue weighted by Gasteiger charge is 2.24. The summed E-state index contributed by atoms with van der Waals surface area (Å²) < 4.78 is 1.24. The first kappa shape index (κ1) is 17.9. The van der Waals surface area contributed by atoms with E-state index in [1.807, 2.05) is 0 Å². The van der Waals surface area contributed by atoms with Crippen molar-refractivity contribution in [1.82, 2.24) is 20.3 Å². The van der Waals surface area contributed by atoms with Gasteiger partial charge in [-0.15, -0.1) is 0 Å². The van der Waals surface area contributed by atoms with Gasteiger partial charge in [-0.25, -0.2) is 9.97 Å². The zero-order valence-corrected chi connectivity index (χ0v) is 16.4. The van der Waals surface area contributed by atoms with E-state index in [0.717, 1.165) is 36.6 Å². The number of hydrogen-bond donors (Lipinski definition) is 1. The molecule has 3 aromatic rings. The second-order valence-electron chi connectivity index (χ2n) is 7.17. The minimum atomic E-state index is -0.150. The van der Waals surface area contributed by atoms with Crippen molar-refractivity contribution in [3.8, 4) is 0 Å². The highest BCUT2D eigenvalue weighted by molar-refractivity contribution is 7.22. The van der Waals surface area contributed by atoms with Gasteiger partial charge in [0.2, 0.25) is 0 Å². The molecule has 140 valence electrons. The van der Waals surface area contributed by atoms with Crippen molar-refractivity contribution in [2.45, 2.75) is 38.6 Å². The molecule has 0 radical (unpaired) electrons. The van der Waals surface area contributed by atoms with Crippen LogP contribution in [0.25, 0.3) is 10.2 Å². The largest absolute Gasteiger partial charge is 0.348 e. The van der Waals surface area contributed by atoms with E-state index in [1.54, 1.807) is 17.5 Å². The van der Waals surface area contributed by atoms with Crippen LogP contribution in [0.5, 0.6) is 0 Å². The second kappa shape index (κ2) is 7.60. The molecule has 0 bridgehead atoms. The van der Waals surface area contributed by atoms with Gasteiger partial charge in [-0.05, 0) is 30.4 Å². The Morgan fingerprint density at radius 1 is 1.26 bits per heavy atom. The summed E-state index contributed by atoms with van der Waals surface area (Å²) in [6.07, 6.45) is 6.41. The predicted molar refractivity (Wildman–Crippen MR) is 108 cm³/mol. The Morgan fingerprint density at radius 2 is 2.07 bits per heavy atom. The first-order chi connectivity index (χ1) is 13.1. The van der Waals surface area contributed by atoms with E-state index >= 15 is 0 Å². The summed E-state index contributed by atoms with van der Waals surface area (Å²) in [6.45, 7) is 6.20. The SMILES string of the molecule is CC(C)c1cccc2sc(N3CCC(NC(=O)c4cnccn4)CC3)nc12. The van der Waals surface area contributed by atoms with Crippen molar-refractivity contribution in [2.75, 3.05) is 18.0 Å². The van der Waals surface area contributed by atoms with Gasteiger partial charge in [-0.1, -0.05) is 37.3 Å². The lowest BCUT2D eigenvalue weighted by Crippen LogP contribution is -2.44. The topological polar surface area (TPSA) is 71.0 Å². The summed E-state index contributed by atoms with van der Waals surface area (Å²) in [5.41, 5.74) is 2.80. The third-order valence-corrected chi connectivity index (χ3v) is 6.04. The molecule has 0 unspecified atom stereocenters. The van der Waals surface area contributed by atoms with Crippen LogP contribution in [0.3, 0.4) is 0 Å². The lowest BCUT2D eigenvalue weighted by atomic mass is 10.0. The fourth-order valence-electron chi connectivity index (χ4n) is 3.45. The lowest BCUT2D eigenvalue weighted by Gasteiger charge is -2.32. The summed E-state index contributed by atoms with van der Waals surface area (Å²) >= 11 is 1.76. The molecule has 0 spiro atoms. The number of para-hydroxylation sites is 1. The van der Waals surface area contributed by atoms with Crippen molar-refractivity contribution in [2.24, 2.45) is 0 Å². The van der Waals surface area contributed by atoms with Crippen LogP contribution >= 0.6 is 11.3 Å².